The Morgan fingerprint density at radius 2 is 2.05 bits per heavy atom. The Hall–Kier alpha value is -0.970. The second-order valence-electron chi connectivity index (χ2n) is 5.25. The third-order valence-corrected chi connectivity index (χ3v) is 4.52. The highest BCUT2D eigenvalue weighted by Gasteiger charge is 2.13. The Morgan fingerprint density at radius 3 is 2.74 bits per heavy atom. The molecule has 0 radical (unpaired) electrons. The molecule has 0 bridgehead atoms. The summed E-state index contributed by atoms with van der Waals surface area (Å²) in [6, 6.07) is 8.72. The number of nitrogens with zero attached hydrogens (tertiary/aromatic N) is 2. The number of aromatic nitrogens is 1. The Bertz CT molecular complexity index is 491. The molecule has 0 aliphatic carbocycles. The van der Waals surface area contributed by atoms with Crippen LogP contribution < -0.4 is 0 Å². The molecule has 1 N–H and O–H groups in total. The first kappa shape index (κ1) is 14.4. The minimum Gasteiger partial charge on any atom is -0.393 e. The zero-order valence-electron chi connectivity index (χ0n) is 11.8. The molecule has 1 heterocycles. The van der Waals surface area contributed by atoms with E-state index in [0.29, 0.717) is 6.04 Å². The molecule has 2 aromatic rings. The van der Waals surface area contributed by atoms with Crippen LogP contribution in [0.1, 0.15) is 25.3 Å². The van der Waals surface area contributed by atoms with Gasteiger partial charge < -0.3 is 10.0 Å². The highest BCUT2D eigenvalue weighted by Crippen LogP contribution is 2.23. The molecule has 0 aliphatic rings. The van der Waals surface area contributed by atoms with Gasteiger partial charge in [-0.15, -0.1) is 11.3 Å². The van der Waals surface area contributed by atoms with Crippen molar-refractivity contribution in [2.45, 2.75) is 38.8 Å². The maximum absolute atomic E-state index is 9.33. The number of fused-ring (bicyclic) bond motifs is 1. The lowest BCUT2D eigenvalue weighted by molar-refractivity contribution is 0.152. The average Bonchev–Trinajstić information content (AvgIpc) is 2.77. The van der Waals surface area contributed by atoms with Crippen molar-refractivity contribution in [1.29, 1.82) is 0 Å². The first-order chi connectivity index (χ1) is 9.06. The maximum Gasteiger partial charge on any atom is 0.0954 e. The van der Waals surface area contributed by atoms with Gasteiger partial charge in [0.05, 0.1) is 21.3 Å². The number of hydrogen-bond donors (Lipinski definition) is 1. The predicted octanol–water partition coefficient (Wildman–Crippen LogP) is 2.93. The molecule has 3 nitrogen and oxygen atoms in total. The summed E-state index contributed by atoms with van der Waals surface area (Å²) in [4.78, 5) is 6.96. The van der Waals surface area contributed by atoms with Crippen molar-refractivity contribution in [3.63, 3.8) is 0 Å². The zero-order chi connectivity index (χ0) is 13.8. The van der Waals surface area contributed by atoms with Crippen LogP contribution in [-0.4, -0.2) is 40.7 Å². The SMILES string of the molecule is CC(O)CCN(C)C(C)Cc1nc2ccccc2s1. The van der Waals surface area contributed by atoms with E-state index in [1.54, 1.807) is 11.3 Å². The summed E-state index contributed by atoms with van der Waals surface area (Å²) in [5, 5.41) is 10.5. The Morgan fingerprint density at radius 1 is 1.32 bits per heavy atom. The van der Waals surface area contributed by atoms with Crippen molar-refractivity contribution in [2.75, 3.05) is 13.6 Å². The van der Waals surface area contributed by atoms with Gasteiger partial charge in [0, 0.05) is 19.0 Å². The molecule has 1 aromatic carbocycles. The Kier molecular flexibility index (Phi) is 4.91. The maximum atomic E-state index is 9.33. The normalized spacial score (nSPS) is 15.0. The summed E-state index contributed by atoms with van der Waals surface area (Å²) in [6.45, 7) is 4.98. The van der Waals surface area contributed by atoms with Crippen LogP contribution in [0, 0.1) is 0 Å². The van der Waals surface area contributed by atoms with Crippen molar-refractivity contribution in [2.24, 2.45) is 0 Å². The van der Waals surface area contributed by atoms with E-state index in [0.717, 1.165) is 24.9 Å². The fourth-order valence-electron chi connectivity index (χ4n) is 2.03. The van der Waals surface area contributed by atoms with E-state index in [4.69, 9.17) is 0 Å². The molecule has 0 saturated heterocycles. The monoisotopic (exact) mass is 278 g/mol. The van der Waals surface area contributed by atoms with Crippen LogP contribution in [-0.2, 0) is 6.42 Å². The van der Waals surface area contributed by atoms with Gasteiger partial charge in [-0.3, -0.25) is 0 Å². The van der Waals surface area contributed by atoms with Gasteiger partial charge in [0.15, 0.2) is 0 Å². The number of para-hydroxylation sites is 1. The van der Waals surface area contributed by atoms with Crippen LogP contribution in [0.3, 0.4) is 0 Å². The number of thiazole rings is 1. The van der Waals surface area contributed by atoms with Crippen molar-refractivity contribution in [3.05, 3.63) is 29.3 Å². The Labute approximate surface area is 118 Å². The van der Waals surface area contributed by atoms with E-state index >= 15 is 0 Å². The number of rotatable bonds is 6. The smallest absolute Gasteiger partial charge is 0.0954 e. The van der Waals surface area contributed by atoms with Gasteiger partial charge in [-0.05, 0) is 39.4 Å². The largest absolute Gasteiger partial charge is 0.393 e. The lowest BCUT2D eigenvalue weighted by Crippen LogP contribution is -2.33. The molecule has 0 fully saturated rings. The highest BCUT2D eigenvalue weighted by atomic mass is 32.1. The van der Waals surface area contributed by atoms with Gasteiger partial charge in [-0.1, -0.05) is 12.1 Å². The van der Waals surface area contributed by atoms with Gasteiger partial charge in [-0.2, -0.15) is 0 Å². The number of hydrogen-bond acceptors (Lipinski definition) is 4. The third-order valence-electron chi connectivity index (χ3n) is 3.46. The van der Waals surface area contributed by atoms with Gasteiger partial charge in [0.2, 0.25) is 0 Å². The summed E-state index contributed by atoms with van der Waals surface area (Å²) in [6.07, 6.45) is 1.56. The molecule has 2 rings (SSSR count). The van der Waals surface area contributed by atoms with Gasteiger partial charge in [0.1, 0.15) is 0 Å². The summed E-state index contributed by atoms with van der Waals surface area (Å²) < 4.78 is 1.26. The number of aliphatic hydroxyl groups is 1. The lowest BCUT2D eigenvalue weighted by atomic mass is 10.2. The first-order valence-electron chi connectivity index (χ1n) is 6.79. The fraction of sp³-hybridized carbons (Fsp3) is 0.533. The van der Waals surface area contributed by atoms with Crippen molar-refractivity contribution < 1.29 is 5.11 Å². The minimum atomic E-state index is -0.225. The topological polar surface area (TPSA) is 36.4 Å². The summed E-state index contributed by atoms with van der Waals surface area (Å²) in [5.74, 6) is 0. The van der Waals surface area contributed by atoms with Crippen LogP contribution in [0.5, 0.6) is 0 Å². The second-order valence-corrected chi connectivity index (χ2v) is 6.36. The minimum absolute atomic E-state index is 0.225. The van der Waals surface area contributed by atoms with Gasteiger partial charge >= 0.3 is 0 Å². The van der Waals surface area contributed by atoms with Gasteiger partial charge in [0.25, 0.3) is 0 Å². The number of aliphatic hydroxyl groups excluding tert-OH is 1. The van der Waals surface area contributed by atoms with Crippen molar-refractivity contribution >= 4 is 21.6 Å². The van der Waals surface area contributed by atoms with Crippen molar-refractivity contribution in [1.82, 2.24) is 9.88 Å². The second kappa shape index (κ2) is 6.46. The number of likely N-dealkylation sites (N-methyl/N-ethyl adjacent to an activating group) is 1. The highest BCUT2D eigenvalue weighted by molar-refractivity contribution is 7.18. The lowest BCUT2D eigenvalue weighted by Gasteiger charge is -2.24. The molecule has 0 spiro atoms. The van der Waals surface area contributed by atoms with Crippen LogP contribution >= 0.6 is 11.3 Å². The molecular weight excluding hydrogens is 256 g/mol. The quantitative estimate of drug-likeness (QED) is 0.882. The van der Waals surface area contributed by atoms with E-state index in [2.05, 4.69) is 42.1 Å². The van der Waals surface area contributed by atoms with E-state index in [1.165, 1.54) is 9.71 Å². The summed E-state index contributed by atoms with van der Waals surface area (Å²) in [7, 11) is 2.11. The van der Waals surface area contributed by atoms with Gasteiger partial charge in [-0.25, -0.2) is 4.98 Å². The standard InChI is InChI=1S/C15H22N2OS/c1-11(17(3)9-8-12(2)18)10-15-16-13-6-4-5-7-14(13)19-15/h4-7,11-12,18H,8-10H2,1-3H3. The summed E-state index contributed by atoms with van der Waals surface area (Å²) in [5.41, 5.74) is 1.10. The molecule has 19 heavy (non-hydrogen) atoms. The first-order valence-corrected chi connectivity index (χ1v) is 7.60. The molecule has 4 heteroatoms. The molecule has 2 unspecified atom stereocenters. The molecular formula is C15H22N2OS. The zero-order valence-corrected chi connectivity index (χ0v) is 12.7. The molecule has 0 saturated carbocycles. The molecule has 1 aromatic heterocycles. The van der Waals surface area contributed by atoms with Crippen LogP contribution in [0.2, 0.25) is 0 Å². The van der Waals surface area contributed by atoms with Crippen molar-refractivity contribution in [3.8, 4) is 0 Å². The van der Waals surface area contributed by atoms with E-state index in [1.807, 2.05) is 13.0 Å². The molecule has 0 aliphatic heterocycles. The van der Waals surface area contributed by atoms with E-state index in [-0.39, 0.29) is 6.10 Å². The Balaban J connectivity index is 1.96. The number of benzene rings is 1. The van der Waals surface area contributed by atoms with Crippen LogP contribution in [0.15, 0.2) is 24.3 Å². The fourth-order valence-corrected chi connectivity index (χ4v) is 3.11. The van der Waals surface area contributed by atoms with E-state index < -0.39 is 0 Å². The predicted molar refractivity (Wildman–Crippen MR) is 81.7 cm³/mol. The molecule has 0 amide bonds. The third kappa shape index (κ3) is 4.00. The average molecular weight is 278 g/mol. The van der Waals surface area contributed by atoms with Crippen LogP contribution in [0.25, 0.3) is 10.2 Å². The molecule has 2 atom stereocenters. The molecule has 104 valence electrons. The summed E-state index contributed by atoms with van der Waals surface area (Å²) >= 11 is 1.78. The van der Waals surface area contributed by atoms with E-state index in [9.17, 15) is 5.11 Å². The van der Waals surface area contributed by atoms with Crippen LogP contribution in [0.4, 0.5) is 0 Å².